The van der Waals surface area contributed by atoms with Crippen LogP contribution in [-0.2, 0) is 19.4 Å². The van der Waals surface area contributed by atoms with Gasteiger partial charge >= 0.3 is 0 Å². The molecule has 3 rings (SSSR count). The minimum Gasteiger partial charge on any atom is -0.344 e. The summed E-state index contributed by atoms with van der Waals surface area (Å²) in [6, 6.07) is 6.31. The summed E-state index contributed by atoms with van der Waals surface area (Å²) in [4.78, 5) is 0. The number of nitrogens with zero attached hydrogens (tertiary/aromatic N) is 1. The number of benzene rings is 1. The van der Waals surface area contributed by atoms with E-state index in [1.807, 2.05) is 6.07 Å². The first-order chi connectivity index (χ1) is 8.31. The van der Waals surface area contributed by atoms with Crippen LogP contribution in [0.2, 0.25) is 5.02 Å². The van der Waals surface area contributed by atoms with Crippen molar-refractivity contribution in [2.75, 3.05) is 0 Å². The van der Waals surface area contributed by atoms with E-state index in [2.05, 4.69) is 30.0 Å². The van der Waals surface area contributed by atoms with Crippen molar-refractivity contribution in [2.24, 2.45) is 0 Å². The summed E-state index contributed by atoms with van der Waals surface area (Å²) < 4.78 is 2.44. The number of halogens is 1. The van der Waals surface area contributed by atoms with E-state index in [4.69, 9.17) is 11.6 Å². The highest BCUT2D eigenvalue weighted by Gasteiger charge is 2.19. The average Bonchev–Trinajstić information content (AvgIpc) is 2.65. The second kappa shape index (κ2) is 4.38. The Kier molecular flexibility index (Phi) is 2.87. The molecule has 1 aromatic heterocycles. The Morgan fingerprint density at radius 1 is 1.29 bits per heavy atom. The lowest BCUT2D eigenvalue weighted by atomic mass is 9.95. The second-order valence-corrected chi connectivity index (χ2v) is 5.25. The smallest absolute Gasteiger partial charge is 0.0500 e. The van der Waals surface area contributed by atoms with Gasteiger partial charge in [-0.25, -0.2) is 0 Å². The van der Waals surface area contributed by atoms with Crippen LogP contribution in [0.4, 0.5) is 0 Å². The third-order valence-electron chi connectivity index (χ3n) is 3.71. The van der Waals surface area contributed by atoms with Crippen LogP contribution in [0.3, 0.4) is 0 Å². The minimum atomic E-state index is 0.838. The second-order valence-electron chi connectivity index (χ2n) is 4.81. The molecule has 0 bridgehead atoms. The molecule has 2 aromatic rings. The van der Waals surface area contributed by atoms with E-state index in [1.165, 1.54) is 42.3 Å². The first-order valence-electron chi connectivity index (χ1n) is 6.38. The van der Waals surface area contributed by atoms with E-state index >= 15 is 0 Å². The summed E-state index contributed by atoms with van der Waals surface area (Å²) >= 11 is 6.13. The molecule has 1 aliphatic rings. The number of hydrogen-bond acceptors (Lipinski definition) is 0. The molecule has 0 amide bonds. The molecule has 1 aromatic carbocycles. The van der Waals surface area contributed by atoms with Gasteiger partial charge in [-0.3, -0.25) is 0 Å². The van der Waals surface area contributed by atoms with Crippen molar-refractivity contribution >= 4 is 22.5 Å². The standard InChI is InChI=1S/C15H17ClN/c1-2-9-17-14-6-4-3-5-12(14)13-8-7-11(16)10-15(13)17/h2,7-8,10H,3-6,9H2,1H3. The molecule has 17 heavy (non-hydrogen) atoms. The Bertz CT molecular complexity index is 554. The molecule has 0 unspecified atom stereocenters. The summed E-state index contributed by atoms with van der Waals surface area (Å²) in [5.74, 6) is 0. The van der Waals surface area contributed by atoms with E-state index < -0.39 is 0 Å². The number of aromatic nitrogens is 1. The van der Waals surface area contributed by atoms with Gasteiger partial charge in [0, 0.05) is 28.2 Å². The Balaban J connectivity index is 2.29. The largest absolute Gasteiger partial charge is 0.344 e. The predicted molar refractivity (Wildman–Crippen MR) is 73.6 cm³/mol. The van der Waals surface area contributed by atoms with Crippen LogP contribution < -0.4 is 0 Å². The van der Waals surface area contributed by atoms with E-state index in [0.29, 0.717) is 0 Å². The van der Waals surface area contributed by atoms with Gasteiger partial charge in [0.15, 0.2) is 0 Å². The van der Waals surface area contributed by atoms with Crippen molar-refractivity contribution in [1.29, 1.82) is 0 Å². The molecule has 0 spiro atoms. The highest BCUT2D eigenvalue weighted by Crippen LogP contribution is 2.33. The molecule has 0 saturated heterocycles. The van der Waals surface area contributed by atoms with Crippen molar-refractivity contribution < 1.29 is 0 Å². The van der Waals surface area contributed by atoms with E-state index in [1.54, 1.807) is 5.56 Å². The number of fused-ring (bicyclic) bond motifs is 3. The predicted octanol–water partition coefficient (Wildman–Crippen LogP) is 4.40. The van der Waals surface area contributed by atoms with Gasteiger partial charge in [0.2, 0.25) is 0 Å². The molecule has 0 fully saturated rings. The fraction of sp³-hybridized carbons (Fsp3) is 0.400. The third-order valence-corrected chi connectivity index (χ3v) is 3.94. The van der Waals surface area contributed by atoms with Crippen LogP contribution in [0.15, 0.2) is 18.2 Å². The van der Waals surface area contributed by atoms with E-state index in [0.717, 1.165) is 11.6 Å². The molecule has 1 radical (unpaired) electrons. The zero-order chi connectivity index (χ0) is 11.8. The maximum atomic E-state index is 6.13. The fourth-order valence-electron chi connectivity index (χ4n) is 3.00. The van der Waals surface area contributed by atoms with Gasteiger partial charge in [-0.05, 0) is 49.8 Å². The minimum absolute atomic E-state index is 0.838. The fourth-order valence-corrected chi connectivity index (χ4v) is 3.16. The van der Waals surface area contributed by atoms with E-state index in [-0.39, 0.29) is 0 Å². The molecule has 1 aliphatic carbocycles. The van der Waals surface area contributed by atoms with E-state index in [9.17, 15) is 0 Å². The Morgan fingerprint density at radius 2 is 2.12 bits per heavy atom. The molecule has 89 valence electrons. The SMILES string of the molecule is C[CH]Cn1c2c(c3ccc(Cl)cc31)CCCC2. The quantitative estimate of drug-likeness (QED) is 0.740. The Labute approximate surface area is 107 Å². The van der Waals surface area contributed by atoms with Crippen molar-refractivity contribution in [2.45, 2.75) is 39.2 Å². The number of aryl methyl sites for hydroxylation is 1. The van der Waals surface area contributed by atoms with Gasteiger partial charge in [-0.1, -0.05) is 24.6 Å². The summed E-state index contributed by atoms with van der Waals surface area (Å²) in [6.45, 7) is 3.11. The molecule has 0 N–H and O–H groups in total. The molecule has 0 atom stereocenters. The average molecular weight is 247 g/mol. The molecule has 2 heteroatoms. The zero-order valence-electron chi connectivity index (χ0n) is 10.2. The summed E-state index contributed by atoms with van der Waals surface area (Å²) in [5, 5.41) is 2.25. The summed E-state index contributed by atoms with van der Waals surface area (Å²) in [6.07, 6.45) is 7.31. The van der Waals surface area contributed by atoms with Gasteiger partial charge in [-0.2, -0.15) is 0 Å². The number of hydrogen-bond donors (Lipinski definition) is 0. The summed E-state index contributed by atoms with van der Waals surface area (Å²) in [7, 11) is 0. The third kappa shape index (κ3) is 1.77. The van der Waals surface area contributed by atoms with Crippen LogP contribution in [0.25, 0.3) is 10.9 Å². The van der Waals surface area contributed by atoms with Gasteiger partial charge in [0.25, 0.3) is 0 Å². The van der Waals surface area contributed by atoms with Crippen molar-refractivity contribution in [3.63, 3.8) is 0 Å². The number of rotatable bonds is 2. The maximum absolute atomic E-state index is 6.13. The molecule has 0 aliphatic heterocycles. The highest BCUT2D eigenvalue weighted by atomic mass is 35.5. The van der Waals surface area contributed by atoms with Gasteiger partial charge < -0.3 is 4.57 Å². The lowest BCUT2D eigenvalue weighted by molar-refractivity contribution is 0.634. The van der Waals surface area contributed by atoms with Gasteiger partial charge in [0.1, 0.15) is 0 Å². The van der Waals surface area contributed by atoms with Crippen LogP contribution in [0, 0.1) is 6.42 Å². The van der Waals surface area contributed by atoms with Gasteiger partial charge in [0.05, 0.1) is 0 Å². The van der Waals surface area contributed by atoms with Crippen LogP contribution in [0.5, 0.6) is 0 Å². The van der Waals surface area contributed by atoms with Crippen LogP contribution >= 0.6 is 11.6 Å². The lowest BCUT2D eigenvalue weighted by Gasteiger charge is -2.15. The maximum Gasteiger partial charge on any atom is 0.0500 e. The Morgan fingerprint density at radius 3 is 2.94 bits per heavy atom. The topological polar surface area (TPSA) is 4.93 Å². The van der Waals surface area contributed by atoms with Gasteiger partial charge in [-0.15, -0.1) is 0 Å². The molecule has 1 nitrogen and oxygen atoms in total. The highest BCUT2D eigenvalue weighted by molar-refractivity contribution is 6.31. The van der Waals surface area contributed by atoms with Crippen LogP contribution in [-0.4, -0.2) is 4.57 Å². The summed E-state index contributed by atoms with van der Waals surface area (Å²) in [5.41, 5.74) is 4.40. The van der Waals surface area contributed by atoms with Crippen molar-refractivity contribution in [3.05, 3.63) is 40.9 Å². The lowest BCUT2D eigenvalue weighted by Crippen LogP contribution is -2.08. The Hall–Kier alpha value is -0.950. The molecule has 1 heterocycles. The molecule has 0 saturated carbocycles. The zero-order valence-corrected chi connectivity index (χ0v) is 10.9. The van der Waals surface area contributed by atoms with Crippen molar-refractivity contribution in [1.82, 2.24) is 4.57 Å². The first kappa shape index (κ1) is 11.2. The normalized spacial score (nSPS) is 15.2. The molecular weight excluding hydrogens is 230 g/mol. The molecular formula is C15H17ClN. The van der Waals surface area contributed by atoms with Crippen LogP contribution in [0.1, 0.15) is 31.0 Å². The first-order valence-corrected chi connectivity index (χ1v) is 6.76. The van der Waals surface area contributed by atoms with Crippen molar-refractivity contribution in [3.8, 4) is 0 Å². The monoisotopic (exact) mass is 246 g/mol.